The second kappa shape index (κ2) is 13.4. The van der Waals surface area contributed by atoms with Gasteiger partial charge in [0.05, 0.1) is 11.8 Å². The number of carbonyl (C=O) groups excluding carboxylic acids is 1. The number of hydrogen-bond donors (Lipinski definition) is 3. The molecule has 0 aromatic heterocycles. The van der Waals surface area contributed by atoms with Gasteiger partial charge in [-0.25, -0.2) is 4.79 Å². The van der Waals surface area contributed by atoms with Crippen molar-refractivity contribution in [3.05, 3.63) is 35.9 Å². The first-order chi connectivity index (χ1) is 15.8. The van der Waals surface area contributed by atoms with Crippen LogP contribution in [0.4, 0.5) is 4.79 Å². The van der Waals surface area contributed by atoms with Crippen LogP contribution in [0.3, 0.4) is 0 Å². The number of rotatable bonds is 13. The summed E-state index contributed by atoms with van der Waals surface area (Å²) in [6, 6.07) is 7.90. The van der Waals surface area contributed by atoms with Crippen molar-refractivity contribution in [2.75, 3.05) is 18.1 Å². The molecule has 2 rings (SSSR count). The Bertz CT molecular complexity index is 777. The zero-order chi connectivity index (χ0) is 24.3. The topological polar surface area (TPSA) is 116 Å². The Balaban J connectivity index is 2.10. The maximum atomic E-state index is 13.4. The number of thioether (sulfide) groups is 1. The fourth-order valence-electron chi connectivity index (χ4n) is 4.15. The molecule has 2 unspecified atom stereocenters. The minimum absolute atomic E-state index is 0.334. The number of hydrogen-bond acceptors (Lipinski definition) is 6. The first-order valence-electron chi connectivity index (χ1n) is 11.6. The predicted molar refractivity (Wildman–Crippen MR) is 128 cm³/mol. The largest absolute Gasteiger partial charge is 0.507 e. The van der Waals surface area contributed by atoms with Gasteiger partial charge in [0.1, 0.15) is 6.04 Å². The van der Waals surface area contributed by atoms with E-state index in [4.69, 9.17) is 4.74 Å². The van der Waals surface area contributed by atoms with Crippen LogP contribution in [0, 0.1) is 0 Å². The average Bonchev–Trinajstić information content (AvgIpc) is 2.79. The van der Waals surface area contributed by atoms with E-state index in [0.29, 0.717) is 37.3 Å². The highest BCUT2D eigenvalue weighted by Crippen LogP contribution is 2.34. The SMILES string of the molecule is CCCCCCC1(OC(=O)O)CSCCN1C(=O)[C@H](C)NC(CCc1ccccc1)C(=O)O. The van der Waals surface area contributed by atoms with Crippen LogP contribution < -0.4 is 5.32 Å². The summed E-state index contributed by atoms with van der Waals surface area (Å²) in [7, 11) is 0. The lowest BCUT2D eigenvalue weighted by Crippen LogP contribution is -2.63. The van der Waals surface area contributed by atoms with Gasteiger partial charge in [0.25, 0.3) is 0 Å². The van der Waals surface area contributed by atoms with Gasteiger partial charge in [-0.1, -0.05) is 56.5 Å². The molecule has 1 aliphatic rings. The summed E-state index contributed by atoms with van der Waals surface area (Å²) in [6.45, 7) is 4.09. The molecule has 0 aliphatic carbocycles. The molecule has 1 saturated heterocycles. The Labute approximate surface area is 200 Å². The van der Waals surface area contributed by atoms with Crippen molar-refractivity contribution in [3.63, 3.8) is 0 Å². The van der Waals surface area contributed by atoms with Crippen molar-refractivity contribution in [2.45, 2.75) is 76.6 Å². The minimum atomic E-state index is -1.40. The molecule has 0 bridgehead atoms. The van der Waals surface area contributed by atoms with Crippen LogP contribution >= 0.6 is 11.8 Å². The van der Waals surface area contributed by atoms with E-state index in [-0.39, 0.29) is 5.91 Å². The molecule has 184 valence electrons. The highest BCUT2D eigenvalue weighted by atomic mass is 32.2. The van der Waals surface area contributed by atoms with Gasteiger partial charge in [0.15, 0.2) is 0 Å². The Morgan fingerprint density at radius 3 is 2.55 bits per heavy atom. The minimum Gasteiger partial charge on any atom is -0.480 e. The monoisotopic (exact) mass is 480 g/mol. The number of amides is 1. The predicted octanol–water partition coefficient (Wildman–Crippen LogP) is 3.99. The van der Waals surface area contributed by atoms with Gasteiger partial charge in [-0.3, -0.25) is 14.9 Å². The van der Waals surface area contributed by atoms with Crippen LogP contribution in [0.25, 0.3) is 0 Å². The molecular weight excluding hydrogens is 444 g/mol. The number of carboxylic acids is 1. The summed E-state index contributed by atoms with van der Waals surface area (Å²) in [6.07, 6.45) is 3.69. The van der Waals surface area contributed by atoms with E-state index in [9.17, 15) is 24.6 Å². The van der Waals surface area contributed by atoms with Gasteiger partial charge in [-0.15, -0.1) is 0 Å². The van der Waals surface area contributed by atoms with Crippen LogP contribution in [0.1, 0.15) is 57.9 Å². The lowest BCUT2D eigenvalue weighted by atomic mass is 10.0. The molecule has 33 heavy (non-hydrogen) atoms. The van der Waals surface area contributed by atoms with Crippen molar-refractivity contribution < 1.29 is 29.3 Å². The molecule has 0 spiro atoms. The quantitative estimate of drug-likeness (QED) is 0.287. The number of carboxylic acid groups (broad SMARTS) is 2. The zero-order valence-electron chi connectivity index (χ0n) is 19.5. The smallest absolute Gasteiger partial charge is 0.480 e. The number of nitrogens with zero attached hydrogens (tertiary/aromatic N) is 1. The molecule has 1 aromatic rings. The van der Waals surface area contributed by atoms with Crippen LogP contribution in [-0.2, 0) is 20.7 Å². The fourth-order valence-corrected chi connectivity index (χ4v) is 5.29. The van der Waals surface area contributed by atoms with Crippen LogP contribution in [0.2, 0.25) is 0 Å². The van der Waals surface area contributed by atoms with Crippen LogP contribution in [-0.4, -0.2) is 69.0 Å². The summed E-state index contributed by atoms with van der Waals surface area (Å²) < 4.78 is 5.36. The second-order valence-electron chi connectivity index (χ2n) is 8.47. The van der Waals surface area contributed by atoms with E-state index in [1.54, 1.807) is 18.7 Å². The van der Waals surface area contributed by atoms with Gasteiger partial charge in [0.2, 0.25) is 11.6 Å². The molecular formula is C24H36N2O6S. The third-order valence-electron chi connectivity index (χ3n) is 5.93. The van der Waals surface area contributed by atoms with Crippen LogP contribution in [0.5, 0.6) is 0 Å². The van der Waals surface area contributed by atoms with Crippen molar-refractivity contribution in [2.24, 2.45) is 0 Å². The highest BCUT2D eigenvalue weighted by Gasteiger charge is 2.46. The standard InChI is InChI=1S/C24H36N2O6S/c1-3-4-5-9-14-24(32-23(30)31)17-33-16-15-26(24)21(27)18(2)25-20(22(28)29)13-12-19-10-7-6-8-11-19/h6-8,10-11,18,20,25H,3-5,9,12-17H2,1-2H3,(H,28,29)(H,30,31)/t18-,20?,24?/m0/s1. The van der Waals surface area contributed by atoms with Crippen molar-refractivity contribution in [3.8, 4) is 0 Å². The number of nitrogens with one attached hydrogen (secondary N) is 1. The number of aliphatic carboxylic acids is 1. The molecule has 1 aliphatic heterocycles. The number of unbranched alkanes of at least 4 members (excludes halogenated alkanes) is 3. The van der Waals surface area contributed by atoms with Crippen molar-refractivity contribution >= 4 is 29.8 Å². The van der Waals surface area contributed by atoms with Gasteiger partial charge in [-0.05, 0) is 31.7 Å². The van der Waals surface area contributed by atoms with E-state index >= 15 is 0 Å². The summed E-state index contributed by atoms with van der Waals surface area (Å²) in [5.41, 5.74) is -0.198. The maximum absolute atomic E-state index is 13.4. The third-order valence-corrected chi connectivity index (χ3v) is 7.05. The maximum Gasteiger partial charge on any atom is 0.507 e. The van der Waals surface area contributed by atoms with Gasteiger partial charge < -0.3 is 19.8 Å². The Hall–Kier alpha value is -2.26. The molecule has 1 aromatic carbocycles. The Kier molecular flexibility index (Phi) is 11.0. The summed E-state index contributed by atoms with van der Waals surface area (Å²) in [4.78, 5) is 38.3. The van der Waals surface area contributed by atoms with Gasteiger partial charge in [-0.2, -0.15) is 11.8 Å². The number of benzene rings is 1. The van der Waals surface area contributed by atoms with Crippen molar-refractivity contribution in [1.29, 1.82) is 0 Å². The first kappa shape index (κ1) is 27.0. The second-order valence-corrected chi connectivity index (χ2v) is 9.58. The van der Waals surface area contributed by atoms with Crippen LogP contribution in [0.15, 0.2) is 30.3 Å². The van der Waals surface area contributed by atoms with E-state index in [1.807, 2.05) is 30.3 Å². The number of carbonyl (C=O) groups is 3. The van der Waals surface area contributed by atoms with E-state index in [2.05, 4.69) is 12.2 Å². The first-order valence-corrected chi connectivity index (χ1v) is 12.8. The summed E-state index contributed by atoms with van der Waals surface area (Å²) in [5, 5.41) is 22.0. The van der Waals surface area contributed by atoms with Gasteiger partial charge in [0, 0.05) is 18.7 Å². The normalized spacial score (nSPS) is 20.1. The Morgan fingerprint density at radius 1 is 1.18 bits per heavy atom. The van der Waals surface area contributed by atoms with E-state index < -0.39 is 29.9 Å². The molecule has 9 heteroatoms. The zero-order valence-corrected chi connectivity index (χ0v) is 20.3. The van der Waals surface area contributed by atoms with Crippen molar-refractivity contribution in [1.82, 2.24) is 10.2 Å². The number of ether oxygens (including phenoxy) is 1. The summed E-state index contributed by atoms with van der Waals surface area (Å²) >= 11 is 1.57. The lowest BCUT2D eigenvalue weighted by Gasteiger charge is -2.46. The Morgan fingerprint density at radius 2 is 1.91 bits per heavy atom. The highest BCUT2D eigenvalue weighted by molar-refractivity contribution is 7.99. The molecule has 0 saturated carbocycles. The molecule has 3 N–H and O–H groups in total. The molecule has 1 heterocycles. The number of aryl methyl sites for hydroxylation is 1. The van der Waals surface area contributed by atoms with Gasteiger partial charge >= 0.3 is 12.1 Å². The van der Waals surface area contributed by atoms with E-state index in [0.717, 1.165) is 31.2 Å². The molecule has 3 atom stereocenters. The van der Waals surface area contributed by atoms with E-state index in [1.165, 1.54) is 4.90 Å². The average molecular weight is 481 g/mol. The fraction of sp³-hybridized carbons (Fsp3) is 0.625. The molecule has 1 amide bonds. The summed E-state index contributed by atoms with van der Waals surface area (Å²) in [5.74, 6) is -0.306. The lowest BCUT2D eigenvalue weighted by molar-refractivity contribution is -0.162. The molecule has 1 fully saturated rings. The third kappa shape index (κ3) is 8.23. The molecule has 0 radical (unpaired) electrons. The molecule has 8 nitrogen and oxygen atoms in total.